The summed E-state index contributed by atoms with van der Waals surface area (Å²) in [6, 6.07) is 10.7. The van der Waals surface area contributed by atoms with Gasteiger partial charge in [0.05, 0.1) is 30.9 Å². The zero-order chi connectivity index (χ0) is 24.3. The van der Waals surface area contributed by atoms with Crippen molar-refractivity contribution in [3.8, 4) is 16.3 Å². The Morgan fingerprint density at radius 3 is 2.62 bits per heavy atom. The molecule has 34 heavy (non-hydrogen) atoms. The van der Waals surface area contributed by atoms with Gasteiger partial charge in [0, 0.05) is 34.0 Å². The largest absolute Gasteiger partial charge is 0.493 e. The number of benzene rings is 2. The number of ether oxygens (including phenoxy) is 2. The quantitative estimate of drug-likeness (QED) is 0.294. The second-order valence-electron chi connectivity index (χ2n) is 7.70. The SMILES string of the molecule is CCOC(=O)Cc1c[nH]c2ccc(OCCc3sc(-c4ccc(C(F)(F)F)cc4)nc3C)cc12. The molecule has 0 unspecified atom stereocenters. The van der Waals surface area contributed by atoms with Crippen molar-refractivity contribution in [2.75, 3.05) is 13.2 Å². The Kier molecular flexibility index (Phi) is 6.92. The number of carbonyl (C=O) groups excluding carboxylic acids is 1. The third-order valence-corrected chi connectivity index (χ3v) is 6.59. The van der Waals surface area contributed by atoms with E-state index < -0.39 is 11.7 Å². The molecule has 0 aliphatic rings. The number of hydrogen-bond donors (Lipinski definition) is 1. The first kappa shape index (κ1) is 23.8. The van der Waals surface area contributed by atoms with Gasteiger partial charge >= 0.3 is 12.1 Å². The summed E-state index contributed by atoms with van der Waals surface area (Å²) >= 11 is 1.45. The smallest absolute Gasteiger partial charge is 0.416 e. The van der Waals surface area contributed by atoms with Crippen molar-refractivity contribution in [2.45, 2.75) is 32.9 Å². The number of esters is 1. The number of hydrogen-bond acceptors (Lipinski definition) is 5. The van der Waals surface area contributed by atoms with E-state index in [1.54, 1.807) is 13.1 Å². The fourth-order valence-electron chi connectivity index (χ4n) is 3.61. The van der Waals surface area contributed by atoms with E-state index in [1.807, 2.05) is 25.1 Å². The highest BCUT2D eigenvalue weighted by atomic mass is 32.1. The summed E-state index contributed by atoms with van der Waals surface area (Å²) in [5, 5.41) is 1.59. The second kappa shape index (κ2) is 9.89. The molecule has 4 aromatic rings. The van der Waals surface area contributed by atoms with Gasteiger partial charge in [-0.05, 0) is 49.7 Å². The average molecular weight is 489 g/mol. The molecule has 2 heterocycles. The number of alkyl halides is 3. The standard InChI is InChI=1S/C25H23F3N2O3S/c1-3-32-23(31)12-17-14-29-21-9-8-19(13-20(17)21)33-11-10-22-15(2)30-24(34-22)16-4-6-18(7-5-16)25(26,27)28/h4-9,13-14,29H,3,10-12H2,1-2H3. The van der Waals surface area contributed by atoms with Crippen LogP contribution in [0.3, 0.4) is 0 Å². The van der Waals surface area contributed by atoms with Crippen LogP contribution in [0.2, 0.25) is 0 Å². The molecule has 0 aliphatic carbocycles. The van der Waals surface area contributed by atoms with Gasteiger partial charge in [0.15, 0.2) is 0 Å². The number of nitrogens with one attached hydrogen (secondary N) is 1. The van der Waals surface area contributed by atoms with Crippen LogP contribution in [0.1, 0.15) is 28.6 Å². The lowest BCUT2D eigenvalue weighted by atomic mass is 10.1. The molecule has 178 valence electrons. The molecule has 2 aromatic heterocycles. The van der Waals surface area contributed by atoms with Crippen LogP contribution < -0.4 is 4.74 Å². The van der Waals surface area contributed by atoms with E-state index in [0.717, 1.165) is 39.2 Å². The van der Waals surface area contributed by atoms with Crippen molar-refractivity contribution in [2.24, 2.45) is 0 Å². The summed E-state index contributed by atoms with van der Waals surface area (Å²) in [5.41, 5.74) is 2.56. The van der Waals surface area contributed by atoms with Gasteiger partial charge in [0.25, 0.3) is 0 Å². The lowest BCUT2D eigenvalue weighted by Gasteiger charge is -2.07. The predicted molar refractivity (Wildman–Crippen MR) is 125 cm³/mol. The lowest BCUT2D eigenvalue weighted by Crippen LogP contribution is -2.07. The van der Waals surface area contributed by atoms with Crippen LogP contribution in [0.15, 0.2) is 48.7 Å². The topological polar surface area (TPSA) is 64.2 Å². The molecule has 0 bridgehead atoms. The van der Waals surface area contributed by atoms with E-state index in [-0.39, 0.29) is 12.4 Å². The fourth-order valence-corrected chi connectivity index (χ4v) is 4.66. The van der Waals surface area contributed by atoms with E-state index in [0.29, 0.717) is 36.0 Å². The number of carbonyl (C=O) groups is 1. The highest BCUT2D eigenvalue weighted by Gasteiger charge is 2.30. The van der Waals surface area contributed by atoms with Gasteiger partial charge in [-0.25, -0.2) is 4.98 Å². The highest BCUT2D eigenvalue weighted by Crippen LogP contribution is 2.33. The summed E-state index contributed by atoms with van der Waals surface area (Å²) in [7, 11) is 0. The summed E-state index contributed by atoms with van der Waals surface area (Å²) in [6.45, 7) is 4.41. The molecule has 0 fully saturated rings. The summed E-state index contributed by atoms with van der Waals surface area (Å²) in [4.78, 5) is 20.5. The molecule has 0 atom stereocenters. The first-order chi connectivity index (χ1) is 16.2. The maximum Gasteiger partial charge on any atom is 0.416 e. The molecule has 0 saturated heterocycles. The van der Waals surface area contributed by atoms with Crippen LogP contribution in [-0.4, -0.2) is 29.2 Å². The Labute approximate surface area is 198 Å². The second-order valence-corrected chi connectivity index (χ2v) is 8.79. The van der Waals surface area contributed by atoms with Crippen molar-refractivity contribution in [1.29, 1.82) is 0 Å². The highest BCUT2D eigenvalue weighted by molar-refractivity contribution is 7.15. The molecule has 0 radical (unpaired) electrons. The van der Waals surface area contributed by atoms with E-state index >= 15 is 0 Å². The van der Waals surface area contributed by atoms with E-state index in [4.69, 9.17) is 9.47 Å². The minimum atomic E-state index is -4.36. The number of H-pyrrole nitrogens is 1. The molecule has 0 saturated carbocycles. The van der Waals surface area contributed by atoms with Crippen molar-refractivity contribution in [1.82, 2.24) is 9.97 Å². The first-order valence-corrected chi connectivity index (χ1v) is 11.6. The average Bonchev–Trinajstić information content (AvgIpc) is 3.36. The molecular formula is C25H23F3N2O3S. The Morgan fingerprint density at radius 2 is 1.91 bits per heavy atom. The Balaban J connectivity index is 1.41. The first-order valence-electron chi connectivity index (χ1n) is 10.8. The Morgan fingerprint density at radius 1 is 1.15 bits per heavy atom. The number of aromatic nitrogens is 2. The van der Waals surface area contributed by atoms with Crippen LogP contribution >= 0.6 is 11.3 Å². The van der Waals surface area contributed by atoms with Gasteiger partial charge in [-0.3, -0.25) is 4.79 Å². The van der Waals surface area contributed by atoms with Gasteiger partial charge in [-0.1, -0.05) is 12.1 Å². The summed E-state index contributed by atoms with van der Waals surface area (Å²) in [6.07, 6.45) is -1.76. The van der Waals surface area contributed by atoms with Crippen molar-refractivity contribution in [3.63, 3.8) is 0 Å². The molecule has 1 N–H and O–H groups in total. The third kappa shape index (κ3) is 5.41. The number of aryl methyl sites for hydroxylation is 1. The monoisotopic (exact) mass is 488 g/mol. The van der Waals surface area contributed by atoms with Crippen molar-refractivity contribution >= 4 is 28.2 Å². The molecule has 4 rings (SSSR count). The predicted octanol–water partition coefficient (Wildman–Crippen LogP) is 6.35. The van der Waals surface area contributed by atoms with E-state index in [2.05, 4.69) is 9.97 Å². The van der Waals surface area contributed by atoms with Crippen LogP contribution in [0, 0.1) is 6.92 Å². The number of rotatable bonds is 8. The number of thiazole rings is 1. The van der Waals surface area contributed by atoms with Crippen LogP contribution in [0.5, 0.6) is 5.75 Å². The van der Waals surface area contributed by atoms with Gasteiger partial charge in [0.2, 0.25) is 0 Å². The number of fused-ring (bicyclic) bond motifs is 1. The molecule has 2 aromatic carbocycles. The van der Waals surface area contributed by atoms with Gasteiger partial charge in [0.1, 0.15) is 10.8 Å². The van der Waals surface area contributed by atoms with Gasteiger partial charge in [-0.15, -0.1) is 11.3 Å². The maximum absolute atomic E-state index is 12.8. The fraction of sp³-hybridized carbons (Fsp3) is 0.280. The maximum atomic E-state index is 12.8. The number of aromatic amines is 1. The van der Waals surface area contributed by atoms with E-state index in [9.17, 15) is 18.0 Å². The van der Waals surface area contributed by atoms with Crippen molar-refractivity contribution in [3.05, 3.63) is 70.4 Å². The van der Waals surface area contributed by atoms with Crippen LogP contribution in [-0.2, 0) is 28.5 Å². The molecule has 0 spiro atoms. The minimum absolute atomic E-state index is 0.185. The number of nitrogens with zero attached hydrogens (tertiary/aromatic N) is 1. The third-order valence-electron chi connectivity index (χ3n) is 5.33. The molecule has 9 heteroatoms. The van der Waals surface area contributed by atoms with Crippen molar-refractivity contribution < 1.29 is 27.4 Å². The van der Waals surface area contributed by atoms with E-state index in [1.165, 1.54) is 23.5 Å². The summed E-state index contributed by atoms with van der Waals surface area (Å²) < 4.78 is 49.4. The normalized spacial score (nSPS) is 11.7. The van der Waals surface area contributed by atoms with Gasteiger partial charge < -0.3 is 14.5 Å². The number of halogens is 3. The zero-order valence-corrected chi connectivity index (χ0v) is 19.5. The molecule has 0 aliphatic heterocycles. The summed E-state index contributed by atoms with van der Waals surface area (Å²) in [5.74, 6) is 0.404. The zero-order valence-electron chi connectivity index (χ0n) is 18.7. The van der Waals surface area contributed by atoms with Gasteiger partial charge in [-0.2, -0.15) is 13.2 Å². The molecular weight excluding hydrogens is 465 g/mol. The van der Waals surface area contributed by atoms with Crippen LogP contribution in [0.25, 0.3) is 21.5 Å². The van der Waals surface area contributed by atoms with Crippen LogP contribution in [0.4, 0.5) is 13.2 Å². The Bertz CT molecular complexity index is 1290. The Hall–Kier alpha value is -3.33. The molecule has 5 nitrogen and oxygen atoms in total. The molecule has 0 amide bonds. The lowest BCUT2D eigenvalue weighted by molar-refractivity contribution is -0.142. The minimum Gasteiger partial charge on any atom is -0.493 e.